The minimum Gasteiger partial charge on any atom is -0.493 e. The number of hydrogen-bond donors (Lipinski definition) is 1. The van der Waals surface area contributed by atoms with Crippen LogP contribution in [0.3, 0.4) is 0 Å². The molecule has 1 aromatic heterocycles. The monoisotopic (exact) mass is 428 g/mol. The Labute approximate surface area is 169 Å². The molecule has 0 aliphatic carbocycles. The first-order valence-electron chi connectivity index (χ1n) is 8.72. The van der Waals surface area contributed by atoms with Crippen LogP contribution in [0.2, 0.25) is 0 Å². The molecular weight excluding hydrogens is 409 g/mol. The summed E-state index contributed by atoms with van der Waals surface area (Å²) >= 11 is 0. The summed E-state index contributed by atoms with van der Waals surface area (Å²) in [5, 5.41) is 6.14. The topological polar surface area (TPSA) is 96.7 Å². The predicted molar refractivity (Wildman–Crippen MR) is 97.6 cm³/mol. The lowest BCUT2D eigenvalue weighted by Crippen LogP contribution is -2.35. The highest BCUT2D eigenvalue weighted by Crippen LogP contribution is 2.48. The fraction of sp³-hybridized carbons (Fsp3) is 0.389. The maximum atomic E-state index is 13.9. The molecule has 1 aromatic carbocycles. The molecule has 2 heterocycles. The van der Waals surface area contributed by atoms with Gasteiger partial charge in [-0.25, -0.2) is 9.48 Å². The van der Waals surface area contributed by atoms with E-state index < -0.39 is 29.5 Å². The number of methoxy groups -OCH3 is 3. The number of halogens is 3. The van der Waals surface area contributed by atoms with Crippen LogP contribution in [0.5, 0.6) is 17.2 Å². The van der Waals surface area contributed by atoms with Crippen molar-refractivity contribution in [1.29, 1.82) is 0 Å². The van der Waals surface area contributed by atoms with E-state index in [0.717, 1.165) is 11.0 Å². The van der Waals surface area contributed by atoms with Crippen LogP contribution in [0.15, 0.2) is 29.7 Å². The number of carbonyl (C=O) groups excluding carboxylic acids is 1. The van der Waals surface area contributed by atoms with E-state index in [4.69, 9.17) is 18.9 Å². The number of rotatable bonds is 6. The van der Waals surface area contributed by atoms with Gasteiger partial charge in [0, 0.05) is 5.56 Å². The molecule has 1 aliphatic rings. The van der Waals surface area contributed by atoms with Crippen LogP contribution in [0.1, 0.15) is 18.5 Å². The van der Waals surface area contributed by atoms with E-state index in [2.05, 4.69) is 15.4 Å². The van der Waals surface area contributed by atoms with E-state index in [1.165, 1.54) is 40.4 Å². The van der Waals surface area contributed by atoms with Crippen molar-refractivity contribution >= 4 is 11.9 Å². The largest absolute Gasteiger partial charge is 0.493 e. The Bertz CT molecular complexity index is 987. The third-order valence-corrected chi connectivity index (χ3v) is 4.41. The second-order valence-electron chi connectivity index (χ2n) is 5.99. The molecule has 0 unspecified atom stereocenters. The van der Waals surface area contributed by atoms with E-state index in [-0.39, 0.29) is 29.6 Å². The number of allylic oxidation sites excluding steroid dienone is 1. The molecule has 0 spiro atoms. The fourth-order valence-corrected chi connectivity index (χ4v) is 3.24. The molecule has 3 rings (SSSR count). The molecule has 9 nitrogen and oxygen atoms in total. The molecule has 0 saturated carbocycles. The Hall–Kier alpha value is -3.44. The smallest absolute Gasteiger partial charge is 0.431 e. The molecule has 30 heavy (non-hydrogen) atoms. The van der Waals surface area contributed by atoms with Crippen molar-refractivity contribution in [3.05, 3.63) is 35.3 Å². The highest BCUT2D eigenvalue weighted by atomic mass is 19.4. The maximum Gasteiger partial charge on any atom is 0.431 e. The van der Waals surface area contributed by atoms with Gasteiger partial charge < -0.3 is 24.3 Å². The van der Waals surface area contributed by atoms with E-state index in [0.29, 0.717) is 5.75 Å². The van der Waals surface area contributed by atoms with Gasteiger partial charge in [-0.3, -0.25) is 0 Å². The third kappa shape index (κ3) is 3.48. The zero-order chi connectivity index (χ0) is 22.1. The summed E-state index contributed by atoms with van der Waals surface area (Å²) in [6, 6.07) is 1.61. The van der Waals surface area contributed by atoms with Crippen molar-refractivity contribution in [2.75, 3.05) is 33.3 Å². The zero-order valence-corrected chi connectivity index (χ0v) is 16.5. The molecule has 1 atom stereocenters. The summed E-state index contributed by atoms with van der Waals surface area (Å²) in [5.74, 6) is -0.830. The molecular formula is C18H19F3N4O5. The fourth-order valence-electron chi connectivity index (χ4n) is 3.24. The van der Waals surface area contributed by atoms with Crippen LogP contribution >= 0.6 is 0 Å². The Morgan fingerprint density at radius 1 is 1.17 bits per heavy atom. The van der Waals surface area contributed by atoms with E-state index in [9.17, 15) is 18.0 Å². The van der Waals surface area contributed by atoms with Crippen molar-refractivity contribution in [2.45, 2.75) is 19.1 Å². The van der Waals surface area contributed by atoms with Crippen molar-refractivity contribution in [3.8, 4) is 17.2 Å². The number of hydrogen-bond acceptors (Lipinski definition) is 8. The van der Waals surface area contributed by atoms with Crippen molar-refractivity contribution < 1.29 is 36.9 Å². The SMILES string of the molecule is CCOC(=O)C1=C(C(F)(F)F)Nc2ncnn2[C@@H]1c1ccc(OC)c(OC)c1OC. The standard InChI is InChI=1S/C18H19F3N4O5/c1-5-30-16(26)11-12(9-6-7-10(27-2)14(29-4)13(9)28-3)25-17(22-8-23-25)24-15(11)18(19,20)21/h6-8,12H,5H2,1-4H3,(H,22,23,24)/t12-/m1/s1. The minimum absolute atomic E-state index is 0.0773. The molecule has 0 bridgehead atoms. The van der Waals surface area contributed by atoms with Gasteiger partial charge in [0.1, 0.15) is 18.1 Å². The van der Waals surface area contributed by atoms with Crippen LogP contribution in [0.25, 0.3) is 0 Å². The molecule has 1 aliphatic heterocycles. The summed E-state index contributed by atoms with van der Waals surface area (Å²) in [6.07, 6.45) is -3.81. The van der Waals surface area contributed by atoms with Gasteiger partial charge in [0.15, 0.2) is 11.5 Å². The normalized spacial score (nSPS) is 15.9. The average molecular weight is 428 g/mol. The Balaban J connectivity index is 2.35. The summed E-state index contributed by atoms with van der Waals surface area (Å²) in [4.78, 5) is 16.5. The van der Waals surface area contributed by atoms with Gasteiger partial charge in [-0.15, -0.1) is 0 Å². The van der Waals surface area contributed by atoms with Crippen LogP contribution < -0.4 is 19.5 Å². The number of nitrogens with zero attached hydrogens (tertiary/aromatic N) is 3. The highest BCUT2D eigenvalue weighted by Gasteiger charge is 2.47. The second kappa shape index (κ2) is 8.13. The highest BCUT2D eigenvalue weighted by molar-refractivity contribution is 5.93. The predicted octanol–water partition coefficient (Wildman–Crippen LogP) is 2.70. The quantitative estimate of drug-likeness (QED) is 0.702. The van der Waals surface area contributed by atoms with Gasteiger partial charge in [-0.2, -0.15) is 23.3 Å². The number of benzene rings is 1. The number of ether oxygens (including phenoxy) is 4. The van der Waals surface area contributed by atoms with Crippen LogP contribution in [-0.2, 0) is 9.53 Å². The third-order valence-electron chi connectivity index (χ3n) is 4.41. The molecule has 0 saturated heterocycles. The number of alkyl halides is 3. The van der Waals surface area contributed by atoms with Gasteiger partial charge in [0.25, 0.3) is 0 Å². The van der Waals surface area contributed by atoms with Gasteiger partial charge in [0.05, 0.1) is 33.5 Å². The van der Waals surface area contributed by atoms with Crippen LogP contribution in [0.4, 0.5) is 19.1 Å². The summed E-state index contributed by atoms with van der Waals surface area (Å²) in [6.45, 7) is 1.38. The summed E-state index contributed by atoms with van der Waals surface area (Å²) < 4.78 is 63.7. The Morgan fingerprint density at radius 2 is 1.87 bits per heavy atom. The number of nitrogens with one attached hydrogen (secondary N) is 1. The first-order valence-corrected chi connectivity index (χ1v) is 8.72. The number of aromatic nitrogens is 3. The Kier molecular flexibility index (Phi) is 5.76. The first kappa shape index (κ1) is 21.3. The van der Waals surface area contributed by atoms with Gasteiger partial charge in [-0.05, 0) is 19.1 Å². The van der Waals surface area contributed by atoms with Gasteiger partial charge in [0.2, 0.25) is 11.7 Å². The molecule has 0 amide bonds. The van der Waals surface area contributed by atoms with E-state index in [1.807, 2.05) is 0 Å². The molecule has 0 fully saturated rings. The molecule has 162 valence electrons. The first-order chi connectivity index (χ1) is 14.3. The van der Waals surface area contributed by atoms with Gasteiger partial charge >= 0.3 is 12.1 Å². The number of carbonyl (C=O) groups is 1. The molecule has 0 radical (unpaired) electrons. The maximum absolute atomic E-state index is 13.9. The lowest BCUT2D eigenvalue weighted by molar-refractivity contribution is -0.140. The number of esters is 1. The summed E-state index contributed by atoms with van der Waals surface area (Å²) in [5.41, 5.74) is -1.80. The Morgan fingerprint density at radius 3 is 2.43 bits per heavy atom. The number of anilines is 1. The zero-order valence-electron chi connectivity index (χ0n) is 16.5. The molecule has 2 aromatic rings. The van der Waals surface area contributed by atoms with Crippen molar-refractivity contribution in [3.63, 3.8) is 0 Å². The van der Waals surface area contributed by atoms with E-state index >= 15 is 0 Å². The lowest BCUT2D eigenvalue weighted by Gasteiger charge is -2.31. The second-order valence-corrected chi connectivity index (χ2v) is 5.99. The number of fused-ring (bicyclic) bond motifs is 1. The summed E-state index contributed by atoms with van der Waals surface area (Å²) in [7, 11) is 4.09. The van der Waals surface area contributed by atoms with Gasteiger partial charge in [-0.1, -0.05) is 0 Å². The van der Waals surface area contributed by atoms with Crippen molar-refractivity contribution in [1.82, 2.24) is 14.8 Å². The van der Waals surface area contributed by atoms with Crippen LogP contribution in [0, 0.1) is 0 Å². The van der Waals surface area contributed by atoms with Crippen LogP contribution in [-0.4, -0.2) is 54.8 Å². The van der Waals surface area contributed by atoms with E-state index in [1.54, 1.807) is 0 Å². The van der Waals surface area contributed by atoms with Crippen molar-refractivity contribution in [2.24, 2.45) is 0 Å². The molecule has 1 N–H and O–H groups in total. The average Bonchev–Trinajstić information content (AvgIpc) is 3.19. The lowest BCUT2D eigenvalue weighted by atomic mass is 9.93. The minimum atomic E-state index is -4.89. The molecule has 12 heteroatoms.